The molecule has 1 unspecified atom stereocenters. The zero-order valence-corrected chi connectivity index (χ0v) is 17.9. The highest BCUT2D eigenvalue weighted by Crippen LogP contribution is 2.43. The molecule has 6 nitrogen and oxygen atoms in total. The summed E-state index contributed by atoms with van der Waals surface area (Å²) in [4.78, 5) is 16.6. The molecule has 1 heterocycles. The van der Waals surface area contributed by atoms with Crippen LogP contribution in [0.25, 0.3) is 11.4 Å². The lowest BCUT2D eigenvalue weighted by atomic mass is 9.70. The maximum Gasteiger partial charge on any atom is 0.249 e. The summed E-state index contributed by atoms with van der Waals surface area (Å²) in [6.07, 6.45) is 0. The third-order valence-electron chi connectivity index (χ3n) is 5.23. The number of primary amides is 1. The van der Waals surface area contributed by atoms with Crippen LogP contribution in [0, 0.1) is 17.0 Å². The minimum atomic E-state index is -1.96. The van der Waals surface area contributed by atoms with Crippen LogP contribution in [0.1, 0.15) is 45.0 Å². The van der Waals surface area contributed by atoms with E-state index in [-0.39, 0.29) is 23.8 Å². The molecule has 2 atom stereocenters. The number of amides is 1. The molecular weight excluding hydrogens is 402 g/mol. The predicted molar refractivity (Wildman–Crippen MR) is 113 cm³/mol. The number of aliphatic hydroxyl groups is 1. The second kappa shape index (κ2) is 8.19. The van der Waals surface area contributed by atoms with Gasteiger partial charge in [-0.1, -0.05) is 51.1 Å². The Morgan fingerprint density at radius 1 is 1.13 bits per heavy atom. The molecule has 0 saturated carbocycles. The van der Waals surface area contributed by atoms with E-state index in [2.05, 4.69) is 10.1 Å². The quantitative estimate of drug-likeness (QED) is 0.627. The van der Waals surface area contributed by atoms with Crippen LogP contribution < -0.4 is 5.73 Å². The summed E-state index contributed by atoms with van der Waals surface area (Å²) in [5, 5.41) is 15.4. The van der Waals surface area contributed by atoms with Crippen LogP contribution >= 0.6 is 0 Å². The average molecular weight is 428 g/mol. The topological polar surface area (TPSA) is 94.0 Å². The first-order chi connectivity index (χ1) is 14.4. The smallest absolute Gasteiger partial charge is 0.249 e. The predicted octanol–water partition coefficient (Wildman–Crippen LogP) is 3.64. The van der Waals surface area contributed by atoms with E-state index in [1.165, 1.54) is 11.6 Å². The number of hydrogen-bond donors (Lipinski definition) is 2. The van der Waals surface area contributed by atoms with Crippen LogP contribution in [0.2, 0.25) is 0 Å². The maximum atomic E-state index is 14.4. The zero-order chi connectivity index (χ0) is 23.0. The Bertz CT molecular complexity index is 1090. The first-order valence-electron chi connectivity index (χ1n) is 9.87. The van der Waals surface area contributed by atoms with Crippen molar-refractivity contribution < 1.29 is 18.7 Å². The third-order valence-corrected chi connectivity index (χ3v) is 5.23. The Morgan fingerprint density at radius 2 is 1.77 bits per heavy atom. The standard InChI is InChI=1S/C23H26F2N4O2/c1-22(2,3)18(23(4,31)21(26)30)20-27-19(16-12-15(24)10-11-17(16)25)28-29(20)13-14-8-6-5-7-9-14/h5-12,18,31H,13H2,1-4H3,(H2,26,30)/t18-,23?/m0/s1. The molecule has 3 N–H and O–H groups in total. The van der Waals surface area contributed by atoms with Crippen molar-refractivity contribution in [2.45, 2.75) is 45.8 Å². The summed E-state index contributed by atoms with van der Waals surface area (Å²) in [7, 11) is 0. The SMILES string of the molecule is CC(C)(C)[C@H](c1nc(-c2cc(F)ccc2F)nn1Cc1ccccc1)C(C)(O)C(N)=O. The van der Waals surface area contributed by atoms with E-state index in [1.54, 1.807) is 0 Å². The van der Waals surface area contributed by atoms with Gasteiger partial charge in [0, 0.05) is 0 Å². The van der Waals surface area contributed by atoms with Crippen LogP contribution in [0.15, 0.2) is 48.5 Å². The Hall–Kier alpha value is -3.13. The molecule has 1 aromatic heterocycles. The molecule has 0 radical (unpaired) electrons. The minimum Gasteiger partial charge on any atom is -0.380 e. The van der Waals surface area contributed by atoms with Crippen molar-refractivity contribution in [1.82, 2.24) is 14.8 Å². The molecule has 164 valence electrons. The summed E-state index contributed by atoms with van der Waals surface area (Å²) >= 11 is 0. The minimum absolute atomic E-state index is 0.0440. The van der Waals surface area contributed by atoms with Crippen LogP contribution in [-0.4, -0.2) is 31.4 Å². The number of carbonyl (C=O) groups is 1. The van der Waals surface area contributed by atoms with Gasteiger partial charge in [-0.25, -0.2) is 18.4 Å². The molecule has 3 rings (SSSR count). The highest BCUT2D eigenvalue weighted by molar-refractivity contribution is 5.84. The monoisotopic (exact) mass is 428 g/mol. The van der Waals surface area contributed by atoms with Gasteiger partial charge in [-0.3, -0.25) is 4.79 Å². The van der Waals surface area contributed by atoms with Crippen molar-refractivity contribution >= 4 is 5.91 Å². The number of nitrogens with zero attached hydrogens (tertiary/aromatic N) is 3. The number of benzene rings is 2. The number of halogens is 2. The van der Waals surface area contributed by atoms with Crippen LogP contribution in [-0.2, 0) is 11.3 Å². The summed E-state index contributed by atoms with van der Waals surface area (Å²) in [6.45, 7) is 7.08. The molecule has 0 bridgehead atoms. The number of aromatic nitrogens is 3. The molecule has 1 amide bonds. The molecule has 31 heavy (non-hydrogen) atoms. The normalized spacial score (nSPS) is 14.8. The van der Waals surface area contributed by atoms with Gasteiger partial charge < -0.3 is 10.8 Å². The molecule has 0 fully saturated rings. The second-order valence-corrected chi connectivity index (χ2v) is 8.87. The van der Waals surface area contributed by atoms with Gasteiger partial charge in [-0.15, -0.1) is 0 Å². The van der Waals surface area contributed by atoms with Crippen molar-refractivity contribution in [2.75, 3.05) is 0 Å². The Labute approximate surface area is 179 Å². The zero-order valence-electron chi connectivity index (χ0n) is 17.9. The van der Waals surface area contributed by atoms with E-state index in [4.69, 9.17) is 5.73 Å². The van der Waals surface area contributed by atoms with E-state index in [0.717, 1.165) is 23.8 Å². The number of hydrogen-bond acceptors (Lipinski definition) is 4. The lowest BCUT2D eigenvalue weighted by Crippen LogP contribution is -2.51. The number of nitrogens with two attached hydrogens (primary N) is 1. The van der Waals surface area contributed by atoms with Crippen molar-refractivity contribution in [3.8, 4) is 11.4 Å². The molecule has 2 aromatic carbocycles. The highest BCUT2D eigenvalue weighted by atomic mass is 19.1. The maximum absolute atomic E-state index is 14.4. The van der Waals surface area contributed by atoms with Gasteiger partial charge in [0.2, 0.25) is 5.91 Å². The van der Waals surface area contributed by atoms with Crippen molar-refractivity contribution in [1.29, 1.82) is 0 Å². The average Bonchev–Trinajstić information content (AvgIpc) is 3.05. The summed E-state index contributed by atoms with van der Waals surface area (Å²) in [5.41, 5.74) is 3.65. The number of rotatable bonds is 6. The molecular formula is C23H26F2N4O2. The van der Waals surface area contributed by atoms with Gasteiger partial charge in [-0.2, -0.15) is 5.10 Å². The molecule has 3 aromatic rings. The number of carbonyl (C=O) groups excluding carboxylic acids is 1. The summed E-state index contributed by atoms with van der Waals surface area (Å²) < 4.78 is 29.7. The van der Waals surface area contributed by atoms with Crippen molar-refractivity contribution in [3.05, 3.63) is 71.6 Å². The van der Waals surface area contributed by atoms with Gasteiger partial charge in [0.05, 0.1) is 18.0 Å². The summed E-state index contributed by atoms with van der Waals surface area (Å²) in [5.74, 6) is -2.90. The van der Waals surface area contributed by atoms with E-state index in [0.29, 0.717) is 0 Å². The van der Waals surface area contributed by atoms with E-state index in [1.807, 2.05) is 51.1 Å². The van der Waals surface area contributed by atoms with Crippen LogP contribution in [0.3, 0.4) is 0 Å². The van der Waals surface area contributed by atoms with Crippen LogP contribution in [0.4, 0.5) is 8.78 Å². The van der Waals surface area contributed by atoms with E-state index >= 15 is 0 Å². The Morgan fingerprint density at radius 3 is 2.35 bits per heavy atom. The molecule has 0 aliphatic heterocycles. The van der Waals surface area contributed by atoms with Gasteiger partial charge in [-0.05, 0) is 36.1 Å². The fourth-order valence-electron chi connectivity index (χ4n) is 3.85. The van der Waals surface area contributed by atoms with Crippen molar-refractivity contribution in [2.24, 2.45) is 11.1 Å². The Kier molecular flexibility index (Phi) is 5.96. The molecule has 0 aliphatic carbocycles. The summed E-state index contributed by atoms with van der Waals surface area (Å²) in [6, 6.07) is 12.4. The fraction of sp³-hybridized carbons (Fsp3) is 0.348. The molecule has 0 spiro atoms. The second-order valence-electron chi connectivity index (χ2n) is 8.87. The highest BCUT2D eigenvalue weighted by Gasteiger charge is 2.48. The lowest BCUT2D eigenvalue weighted by molar-refractivity contribution is -0.140. The van der Waals surface area contributed by atoms with Gasteiger partial charge in [0.25, 0.3) is 0 Å². The molecule has 0 aliphatic rings. The fourth-order valence-corrected chi connectivity index (χ4v) is 3.85. The van der Waals surface area contributed by atoms with E-state index < -0.39 is 34.5 Å². The van der Waals surface area contributed by atoms with Crippen LogP contribution in [0.5, 0.6) is 0 Å². The first-order valence-corrected chi connectivity index (χ1v) is 9.87. The van der Waals surface area contributed by atoms with E-state index in [9.17, 15) is 18.7 Å². The molecule has 0 saturated heterocycles. The van der Waals surface area contributed by atoms with Crippen molar-refractivity contribution in [3.63, 3.8) is 0 Å². The molecule has 8 heteroatoms. The van der Waals surface area contributed by atoms with Gasteiger partial charge in [0.15, 0.2) is 5.82 Å². The van der Waals surface area contributed by atoms with Gasteiger partial charge in [0.1, 0.15) is 23.1 Å². The largest absolute Gasteiger partial charge is 0.380 e. The first kappa shape index (κ1) is 22.6. The van der Waals surface area contributed by atoms with Gasteiger partial charge >= 0.3 is 0 Å². The Balaban J connectivity index is 2.24. The third kappa shape index (κ3) is 4.64. The lowest BCUT2D eigenvalue weighted by Gasteiger charge is -2.38.